The van der Waals surface area contributed by atoms with Crippen molar-refractivity contribution in [3.63, 3.8) is 0 Å². The second-order valence-corrected chi connectivity index (χ2v) is 9.96. The Bertz CT molecular complexity index is 1340. The Morgan fingerprint density at radius 2 is 1.69 bits per heavy atom. The molecule has 1 saturated heterocycles. The molecule has 0 N–H and O–H groups in total. The van der Waals surface area contributed by atoms with Crippen LogP contribution in [0.3, 0.4) is 0 Å². The lowest BCUT2D eigenvalue weighted by Crippen LogP contribution is -2.56. The van der Waals surface area contributed by atoms with Crippen molar-refractivity contribution in [2.24, 2.45) is 5.92 Å². The lowest BCUT2D eigenvalue weighted by Gasteiger charge is -2.48. The Labute approximate surface area is 225 Å². The molecule has 0 saturated carbocycles. The number of carbonyl (C=O) groups excluding carboxylic acids is 2. The molecule has 0 aromatic heterocycles. The van der Waals surface area contributed by atoms with Crippen molar-refractivity contribution >= 4 is 11.9 Å². The second-order valence-electron chi connectivity index (χ2n) is 9.96. The third kappa shape index (κ3) is 6.25. The molecule has 206 valence electrons. The highest BCUT2D eigenvalue weighted by Gasteiger charge is 2.49. The maximum absolute atomic E-state index is 14.3. The first-order valence-corrected chi connectivity index (χ1v) is 12.6. The number of hydrogen-bond donors (Lipinski definition) is 0. The molecule has 2 unspecified atom stereocenters. The van der Waals surface area contributed by atoms with E-state index in [1.165, 1.54) is 0 Å². The molecule has 1 fully saturated rings. The predicted molar refractivity (Wildman–Crippen MR) is 140 cm³/mol. The van der Waals surface area contributed by atoms with Gasteiger partial charge in [0.1, 0.15) is 17.2 Å². The van der Waals surface area contributed by atoms with Gasteiger partial charge in [0.05, 0.1) is 19.1 Å². The van der Waals surface area contributed by atoms with Crippen molar-refractivity contribution in [3.8, 4) is 5.75 Å². The van der Waals surface area contributed by atoms with Gasteiger partial charge >= 0.3 is 5.97 Å². The maximum atomic E-state index is 14.3. The highest BCUT2D eigenvalue weighted by atomic mass is 19.2. The zero-order valence-electron chi connectivity index (χ0n) is 22.1. The number of esters is 1. The lowest BCUT2D eigenvalue weighted by atomic mass is 9.75. The van der Waals surface area contributed by atoms with Gasteiger partial charge < -0.3 is 19.3 Å². The first-order valence-electron chi connectivity index (χ1n) is 12.6. The van der Waals surface area contributed by atoms with E-state index in [9.17, 15) is 22.8 Å². The summed E-state index contributed by atoms with van der Waals surface area (Å²) in [5, 5.41) is 0. The fourth-order valence-electron chi connectivity index (χ4n) is 5.11. The van der Waals surface area contributed by atoms with E-state index in [-0.39, 0.29) is 31.0 Å². The van der Waals surface area contributed by atoms with E-state index < -0.39 is 41.4 Å². The quantitative estimate of drug-likeness (QED) is 0.303. The van der Waals surface area contributed by atoms with Crippen LogP contribution in [0.1, 0.15) is 27.9 Å². The van der Waals surface area contributed by atoms with Crippen LogP contribution in [0.25, 0.3) is 0 Å². The van der Waals surface area contributed by atoms with Gasteiger partial charge in [0.2, 0.25) is 5.91 Å². The second kappa shape index (κ2) is 11.9. The number of nitrogens with zero attached hydrogens (tertiary/aromatic N) is 2. The molecule has 4 rings (SSSR count). The summed E-state index contributed by atoms with van der Waals surface area (Å²) < 4.78 is 53.2. The van der Waals surface area contributed by atoms with Crippen molar-refractivity contribution < 1.29 is 32.2 Å². The van der Waals surface area contributed by atoms with Gasteiger partial charge in [0, 0.05) is 43.6 Å². The number of benzene rings is 3. The van der Waals surface area contributed by atoms with Crippen LogP contribution in [-0.4, -0.2) is 62.5 Å². The third-order valence-corrected chi connectivity index (χ3v) is 7.07. The van der Waals surface area contributed by atoms with Crippen LogP contribution in [0.2, 0.25) is 0 Å². The number of carbonyl (C=O) groups is 2. The molecule has 9 heteroatoms. The normalized spacial score (nSPS) is 19.2. The van der Waals surface area contributed by atoms with E-state index in [0.29, 0.717) is 30.0 Å². The first kappa shape index (κ1) is 28.2. The molecule has 2 atom stereocenters. The Hall–Kier alpha value is -3.85. The Morgan fingerprint density at radius 1 is 0.974 bits per heavy atom. The van der Waals surface area contributed by atoms with Crippen LogP contribution in [0.4, 0.5) is 13.2 Å². The summed E-state index contributed by atoms with van der Waals surface area (Å²) in [6.45, 7) is 0.859. The molecule has 3 aromatic rings. The zero-order valence-corrected chi connectivity index (χ0v) is 22.1. The highest BCUT2D eigenvalue weighted by molar-refractivity contribution is 5.89. The average molecular weight is 541 g/mol. The lowest BCUT2D eigenvalue weighted by molar-refractivity contribution is -0.142. The number of amides is 1. The van der Waals surface area contributed by atoms with Gasteiger partial charge in [-0.3, -0.25) is 4.79 Å². The summed E-state index contributed by atoms with van der Waals surface area (Å²) >= 11 is 0. The molecule has 39 heavy (non-hydrogen) atoms. The first-order chi connectivity index (χ1) is 18.6. The van der Waals surface area contributed by atoms with E-state index in [1.807, 2.05) is 43.3 Å². The molecule has 0 radical (unpaired) electrons. The van der Waals surface area contributed by atoms with Crippen LogP contribution < -0.4 is 4.74 Å². The summed E-state index contributed by atoms with van der Waals surface area (Å²) in [5.74, 6) is -4.21. The summed E-state index contributed by atoms with van der Waals surface area (Å²) in [5.41, 5.74) is -0.189. The van der Waals surface area contributed by atoms with Crippen LogP contribution in [-0.2, 0) is 21.6 Å². The van der Waals surface area contributed by atoms with Crippen molar-refractivity contribution in [1.29, 1.82) is 0 Å². The average Bonchev–Trinajstić information content (AvgIpc) is 2.92. The van der Waals surface area contributed by atoms with Gasteiger partial charge in [-0.25, -0.2) is 18.0 Å². The predicted octanol–water partition coefficient (Wildman–Crippen LogP) is 4.82. The van der Waals surface area contributed by atoms with Crippen LogP contribution in [0.5, 0.6) is 5.75 Å². The molecular weight excluding hydrogens is 509 g/mol. The topological polar surface area (TPSA) is 59.1 Å². The number of halogens is 3. The van der Waals surface area contributed by atoms with Gasteiger partial charge in [-0.1, -0.05) is 30.3 Å². The van der Waals surface area contributed by atoms with Gasteiger partial charge in [0.15, 0.2) is 11.6 Å². The summed E-state index contributed by atoms with van der Waals surface area (Å²) in [4.78, 5) is 30.1. The van der Waals surface area contributed by atoms with Crippen LogP contribution >= 0.6 is 0 Å². The summed E-state index contributed by atoms with van der Waals surface area (Å²) in [6, 6.07) is 17.2. The number of rotatable bonds is 8. The molecule has 0 spiro atoms. The minimum Gasteiger partial charge on any atom is -0.497 e. The van der Waals surface area contributed by atoms with Crippen molar-refractivity contribution in [3.05, 3.63) is 101 Å². The highest BCUT2D eigenvalue weighted by Crippen LogP contribution is 2.43. The minimum absolute atomic E-state index is 0.196. The number of methoxy groups -OCH3 is 1. The fourth-order valence-corrected chi connectivity index (χ4v) is 5.11. The molecular formula is C30H31F3N2O4. The fraction of sp³-hybridized carbons (Fsp3) is 0.333. The zero-order chi connectivity index (χ0) is 28.2. The summed E-state index contributed by atoms with van der Waals surface area (Å²) in [6.07, 6.45) is -0.156. The van der Waals surface area contributed by atoms with Crippen molar-refractivity contribution in [1.82, 2.24) is 9.80 Å². The van der Waals surface area contributed by atoms with Crippen molar-refractivity contribution in [2.45, 2.75) is 18.4 Å². The standard InChI is InChI=1S/C30H31F3N2O4/c1-34(2)18-23-19-35(28(36)15-21-14-26(32)27(33)17-25(21)31)13-12-30(23,22-10-7-11-24(16-22)38-3)39-29(37)20-8-5-4-6-9-20/h4-11,14,16-17,23H,12-13,15,18-19H2,1-3H3. The maximum Gasteiger partial charge on any atom is 0.339 e. The van der Waals surface area contributed by atoms with E-state index in [2.05, 4.69) is 0 Å². The van der Waals surface area contributed by atoms with Gasteiger partial charge in [0.25, 0.3) is 0 Å². The molecule has 1 aliphatic rings. The van der Waals surface area contributed by atoms with Gasteiger partial charge in [-0.15, -0.1) is 0 Å². The SMILES string of the molecule is COc1cccc(C2(OC(=O)c3ccccc3)CCN(C(=O)Cc3cc(F)c(F)cc3F)CC2CN(C)C)c1. The number of ether oxygens (including phenoxy) is 2. The monoisotopic (exact) mass is 540 g/mol. The molecule has 1 amide bonds. The number of hydrogen-bond acceptors (Lipinski definition) is 5. The Morgan fingerprint density at radius 3 is 2.38 bits per heavy atom. The van der Waals surface area contributed by atoms with Gasteiger partial charge in [-0.2, -0.15) is 0 Å². The van der Waals surface area contributed by atoms with Crippen molar-refractivity contribution in [2.75, 3.05) is 40.8 Å². The molecule has 6 nitrogen and oxygen atoms in total. The molecule has 1 aliphatic heterocycles. The third-order valence-electron chi connectivity index (χ3n) is 7.07. The molecule has 0 aliphatic carbocycles. The number of likely N-dealkylation sites (tertiary alicyclic amines) is 1. The Kier molecular flexibility index (Phi) is 8.60. The van der Waals surface area contributed by atoms with E-state index in [1.54, 1.807) is 42.3 Å². The smallest absolute Gasteiger partial charge is 0.339 e. The largest absolute Gasteiger partial charge is 0.497 e. The van der Waals surface area contributed by atoms with Gasteiger partial charge in [-0.05, 0) is 50.0 Å². The molecule has 0 bridgehead atoms. The van der Waals surface area contributed by atoms with E-state index >= 15 is 0 Å². The van der Waals surface area contributed by atoms with E-state index in [4.69, 9.17) is 9.47 Å². The molecule has 3 aromatic carbocycles. The van der Waals surface area contributed by atoms with Crippen LogP contribution in [0.15, 0.2) is 66.7 Å². The van der Waals surface area contributed by atoms with E-state index in [0.717, 1.165) is 5.56 Å². The number of piperidine rings is 1. The molecule has 1 heterocycles. The Balaban J connectivity index is 1.68. The van der Waals surface area contributed by atoms with Crippen LogP contribution in [0, 0.1) is 23.4 Å². The minimum atomic E-state index is -1.31. The summed E-state index contributed by atoms with van der Waals surface area (Å²) in [7, 11) is 5.32.